The van der Waals surface area contributed by atoms with Gasteiger partial charge >= 0.3 is 0 Å². The maximum Gasteiger partial charge on any atom is 0.118 e. The summed E-state index contributed by atoms with van der Waals surface area (Å²) in [6, 6.07) is 21.1. The molecule has 0 unspecified atom stereocenters. The fraction of sp³-hybridized carbons (Fsp3) is 0.346. The molecule has 3 aromatic rings. The average Bonchev–Trinajstić information content (AvgIpc) is 3.23. The highest BCUT2D eigenvalue weighted by molar-refractivity contribution is 6.30. The van der Waals surface area contributed by atoms with Crippen molar-refractivity contribution in [3.63, 3.8) is 0 Å². The molecule has 160 valence electrons. The van der Waals surface area contributed by atoms with E-state index in [9.17, 15) is 0 Å². The fourth-order valence-corrected chi connectivity index (χ4v) is 4.91. The maximum atomic E-state index is 6.13. The summed E-state index contributed by atoms with van der Waals surface area (Å²) >= 11 is 6.13. The van der Waals surface area contributed by atoms with E-state index < -0.39 is 0 Å². The Labute approximate surface area is 189 Å². The summed E-state index contributed by atoms with van der Waals surface area (Å²) in [5.41, 5.74) is 4.99. The molecule has 0 amide bonds. The number of nitrogens with zero attached hydrogens (tertiary/aromatic N) is 3. The Morgan fingerprint density at radius 1 is 0.903 bits per heavy atom. The van der Waals surface area contributed by atoms with Gasteiger partial charge in [0.15, 0.2) is 0 Å². The fourth-order valence-electron chi connectivity index (χ4n) is 4.73. The van der Waals surface area contributed by atoms with Gasteiger partial charge < -0.3 is 9.74 Å². The number of halogens is 1. The van der Waals surface area contributed by atoms with Crippen LogP contribution in [-0.4, -0.2) is 49.9 Å². The predicted molar refractivity (Wildman–Crippen MR) is 129 cm³/mol. The van der Waals surface area contributed by atoms with Crippen molar-refractivity contribution >= 4 is 33.8 Å². The molecule has 1 saturated heterocycles. The van der Waals surface area contributed by atoms with Crippen LogP contribution in [0.25, 0.3) is 10.8 Å². The zero-order valence-corrected chi connectivity index (χ0v) is 18.5. The van der Waals surface area contributed by atoms with Crippen LogP contribution in [0.15, 0.2) is 65.8 Å². The molecule has 5 rings (SSSR count). The van der Waals surface area contributed by atoms with Crippen LogP contribution in [0.3, 0.4) is 0 Å². The molecule has 0 radical (unpaired) electrons. The smallest absolute Gasteiger partial charge is 0.118 e. The number of piperazine rings is 1. The van der Waals surface area contributed by atoms with Gasteiger partial charge in [-0.2, -0.15) is 0 Å². The molecule has 31 heavy (non-hydrogen) atoms. The summed E-state index contributed by atoms with van der Waals surface area (Å²) in [4.78, 5) is 10.6. The van der Waals surface area contributed by atoms with Gasteiger partial charge in [0, 0.05) is 49.0 Å². The Hall–Kier alpha value is -2.56. The van der Waals surface area contributed by atoms with E-state index in [1.165, 1.54) is 27.6 Å². The number of benzene rings is 3. The van der Waals surface area contributed by atoms with Crippen LogP contribution in [0.2, 0.25) is 5.02 Å². The van der Waals surface area contributed by atoms with Gasteiger partial charge in [-0.15, -0.1) is 0 Å². The number of aryl methyl sites for hydroxylation is 1. The molecule has 0 spiro atoms. The Balaban J connectivity index is 1.08. The first-order chi connectivity index (χ1) is 15.3. The van der Waals surface area contributed by atoms with Crippen molar-refractivity contribution in [3.8, 4) is 0 Å². The third-order valence-electron chi connectivity index (χ3n) is 6.39. The van der Waals surface area contributed by atoms with Crippen LogP contribution >= 0.6 is 11.6 Å². The normalized spacial score (nSPS) is 18.0. The van der Waals surface area contributed by atoms with Crippen LogP contribution in [0, 0.1) is 0 Å². The van der Waals surface area contributed by atoms with Crippen molar-refractivity contribution in [3.05, 3.63) is 76.8 Å². The van der Waals surface area contributed by atoms with Crippen LogP contribution in [0.5, 0.6) is 0 Å². The molecule has 1 aliphatic carbocycles. The molecule has 0 atom stereocenters. The molecule has 1 aliphatic heterocycles. The lowest BCUT2D eigenvalue weighted by Crippen LogP contribution is -2.46. The van der Waals surface area contributed by atoms with Crippen molar-refractivity contribution in [2.24, 2.45) is 5.16 Å². The monoisotopic (exact) mass is 433 g/mol. The minimum atomic E-state index is 0.668. The van der Waals surface area contributed by atoms with Gasteiger partial charge in [-0.3, -0.25) is 4.90 Å². The Bertz CT molecular complexity index is 1090. The van der Waals surface area contributed by atoms with Crippen LogP contribution in [0.1, 0.15) is 24.0 Å². The Kier molecular flexibility index (Phi) is 6.10. The minimum absolute atomic E-state index is 0.668. The number of fused-ring (bicyclic) bond motifs is 3. The van der Waals surface area contributed by atoms with E-state index in [1.807, 2.05) is 18.2 Å². The van der Waals surface area contributed by atoms with Crippen LogP contribution in [0.4, 0.5) is 5.69 Å². The van der Waals surface area contributed by atoms with E-state index in [2.05, 4.69) is 57.4 Å². The first-order valence-corrected chi connectivity index (χ1v) is 11.6. The third-order valence-corrected chi connectivity index (χ3v) is 6.63. The van der Waals surface area contributed by atoms with E-state index in [0.29, 0.717) is 6.61 Å². The number of anilines is 1. The van der Waals surface area contributed by atoms with Crippen molar-refractivity contribution in [2.45, 2.75) is 19.3 Å². The molecule has 0 saturated carbocycles. The van der Waals surface area contributed by atoms with E-state index in [4.69, 9.17) is 16.4 Å². The highest BCUT2D eigenvalue weighted by Gasteiger charge is 2.20. The lowest BCUT2D eigenvalue weighted by molar-refractivity contribution is 0.127. The number of hydrogen-bond acceptors (Lipinski definition) is 4. The number of oxime groups is 1. The lowest BCUT2D eigenvalue weighted by Gasteiger charge is -2.36. The summed E-state index contributed by atoms with van der Waals surface area (Å²) in [5.74, 6) is 0. The molecular formula is C26H28ClN3O. The lowest BCUT2D eigenvalue weighted by atomic mass is 10.0. The minimum Gasteiger partial charge on any atom is -0.396 e. The molecule has 1 heterocycles. The molecular weight excluding hydrogens is 406 g/mol. The molecule has 2 aliphatic rings. The Morgan fingerprint density at radius 2 is 1.77 bits per heavy atom. The van der Waals surface area contributed by atoms with Gasteiger partial charge in [0.25, 0.3) is 0 Å². The summed E-state index contributed by atoms with van der Waals surface area (Å²) < 4.78 is 0. The van der Waals surface area contributed by atoms with Gasteiger partial charge in [0.05, 0.1) is 5.71 Å². The molecule has 0 bridgehead atoms. The number of rotatable bonds is 6. The molecule has 0 aromatic heterocycles. The molecule has 4 nitrogen and oxygen atoms in total. The SMILES string of the molecule is Clc1cccc(N2CCN(CCCO/N=C3/CCc4c3ccc3ccccc43)CC2)c1. The summed E-state index contributed by atoms with van der Waals surface area (Å²) in [7, 11) is 0. The van der Waals surface area contributed by atoms with E-state index in [1.54, 1.807) is 0 Å². The summed E-state index contributed by atoms with van der Waals surface area (Å²) in [6.45, 7) is 5.93. The van der Waals surface area contributed by atoms with Crippen molar-refractivity contribution < 1.29 is 4.84 Å². The Morgan fingerprint density at radius 3 is 2.65 bits per heavy atom. The molecule has 3 aromatic carbocycles. The third kappa shape index (κ3) is 4.56. The average molecular weight is 434 g/mol. The topological polar surface area (TPSA) is 28.1 Å². The number of hydrogen-bond donors (Lipinski definition) is 0. The van der Waals surface area contributed by atoms with Gasteiger partial charge in [-0.05, 0) is 53.8 Å². The van der Waals surface area contributed by atoms with E-state index >= 15 is 0 Å². The summed E-state index contributed by atoms with van der Waals surface area (Å²) in [6.07, 6.45) is 3.02. The zero-order chi connectivity index (χ0) is 21.0. The predicted octanol–water partition coefficient (Wildman–Crippen LogP) is 5.37. The van der Waals surface area contributed by atoms with Gasteiger partial charge in [0.2, 0.25) is 0 Å². The second-order valence-corrected chi connectivity index (χ2v) is 8.78. The second-order valence-electron chi connectivity index (χ2n) is 8.35. The van der Waals surface area contributed by atoms with Crippen LogP contribution < -0.4 is 4.90 Å². The first-order valence-electron chi connectivity index (χ1n) is 11.2. The van der Waals surface area contributed by atoms with Gasteiger partial charge in [-0.25, -0.2) is 0 Å². The van der Waals surface area contributed by atoms with Gasteiger partial charge in [-0.1, -0.05) is 59.2 Å². The highest BCUT2D eigenvalue weighted by Crippen LogP contribution is 2.30. The van der Waals surface area contributed by atoms with Gasteiger partial charge in [0.1, 0.15) is 6.61 Å². The second kappa shape index (κ2) is 9.29. The van der Waals surface area contributed by atoms with E-state index in [-0.39, 0.29) is 0 Å². The van der Waals surface area contributed by atoms with Crippen molar-refractivity contribution in [2.75, 3.05) is 44.2 Å². The molecule has 5 heteroatoms. The summed E-state index contributed by atoms with van der Waals surface area (Å²) in [5, 5.41) is 7.95. The van der Waals surface area contributed by atoms with E-state index in [0.717, 1.165) is 62.7 Å². The zero-order valence-electron chi connectivity index (χ0n) is 17.8. The molecule has 1 fully saturated rings. The quantitative estimate of drug-likeness (QED) is 0.386. The first kappa shape index (κ1) is 20.3. The van der Waals surface area contributed by atoms with Crippen molar-refractivity contribution in [1.29, 1.82) is 0 Å². The highest BCUT2D eigenvalue weighted by atomic mass is 35.5. The molecule has 0 N–H and O–H groups in total. The standard InChI is InChI=1S/C26H28ClN3O/c27-21-6-3-7-22(19-21)30-16-14-29(15-17-30)13-4-18-31-28-26-12-11-24-23-8-2-1-5-20(23)9-10-25(24)26/h1-3,5-10,19H,4,11-18H2/b28-26-. The maximum absolute atomic E-state index is 6.13. The van der Waals surface area contributed by atoms with Crippen LogP contribution in [-0.2, 0) is 11.3 Å². The largest absolute Gasteiger partial charge is 0.396 e. The van der Waals surface area contributed by atoms with Crippen molar-refractivity contribution in [1.82, 2.24) is 4.90 Å².